The lowest BCUT2D eigenvalue weighted by atomic mass is 10.1. The number of esters is 1. The summed E-state index contributed by atoms with van der Waals surface area (Å²) in [6.45, 7) is -0.0403. The van der Waals surface area contributed by atoms with E-state index in [0.29, 0.717) is 28.0 Å². The van der Waals surface area contributed by atoms with Crippen LogP contribution in [0.25, 0.3) is 0 Å². The van der Waals surface area contributed by atoms with Crippen LogP contribution in [0.2, 0.25) is 15.1 Å². The van der Waals surface area contributed by atoms with Crippen molar-refractivity contribution in [2.75, 3.05) is 18.9 Å². The summed E-state index contributed by atoms with van der Waals surface area (Å²) in [5, 5.41) is 4.07. The molecule has 0 saturated heterocycles. The molecule has 25 heavy (non-hydrogen) atoms. The zero-order valence-electron chi connectivity index (χ0n) is 13.0. The van der Waals surface area contributed by atoms with E-state index in [1.165, 1.54) is 18.2 Å². The first-order chi connectivity index (χ1) is 11.9. The molecule has 0 aliphatic carbocycles. The quantitative estimate of drug-likeness (QED) is 0.570. The Morgan fingerprint density at radius 3 is 2.48 bits per heavy atom. The maximum atomic E-state index is 11.9. The molecule has 8 heteroatoms. The Bertz CT molecular complexity index is 797. The fourth-order valence-corrected chi connectivity index (χ4v) is 2.62. The van der Waals surface area contributed by atoms with E-state index in [-0.39, 0.29) is 11.3 Å². The van der Waals surface area contributed by atoms with Crippen molar-refractivity contribution in [3.05, 3.63) is 62.6 Å². The molecule has 0 bridgehead atoms. The predicted octanol–water partition coefficient (Wildman–Crippen LogP) is 3.74. The second kappa shape index (κ2) is 8.94. The van der Waals surface area contributed by atoms with Gasteiger partial charge in [0.1, 0.15) is 0 Å². The molecular weight excluding hydrogens is 387 g/mol. The van der Waals surface area contributed by atoms with Crippen molar-refractivity contribution >= 4 is 52.4 Å². The molecule has 2 aromatic rings. The normalized spacial score (nSPS) is 10.4. The smallest absolute Gasteiger partial charge is 0.338 e. The Morgan fingerprint density at radius 2 is 1.80 bits per heavy atom. The summed E-state index contributed by atoms with van der Waals surface area (Å²) in [4.78, 5) is 23.6. The molecule has 1 amide bonds. The molecule has 0 radical (unpaired) electrons. The summed E-state index contributed by atoms with van der Waals surface area (Å²) in [7, 11) is 0. The van der Waals surface area contributed by atoms with Crippen molar-refractivity contribution in [1.29, 1.82) is 0 Å². The van der Waals surface area contributed by atoms with Gasteiger partial charge in [0.2, 0.25) is 0 Å². The van der Waals surface area contributed by atoms with Crippen molar-refractivity contribution in [3.8, 4) is 0 Å². The Morgan fingerprint density at radius 1 is 1.04 bits per heavy atom. The third-order valence-electron chi connectivity index (χ3n) is 3.30. The molecular formula is C17H15Cl3N2O3. The van der Waals surface area contributed by atoms with E-state index in [0.717, 1.165) is 5.56 Å². The fraction of sp³-hybridized carbons (Fsp3) is 0.176. The van der Waals surface area contributed by atoms with Crippen LogP contribution in [-0.4, -0.2) is 25.0 Å². The molecule has 0 aliphatic rings. The monoisotopic (exact) mass is 400 g/mol. The Balaban J connectivity index is 1.76. The summed E-state index contributed by atoms with van der Waals surface area (Å²) >= 11 is 17.7. The highest BCUT2D eigenvalue weighted by molar-refractivity contribution is 6.35. The molecule has 0 heterocycles. The predicted molar refractivity (Wildman–Crippen MR) is 99.3 cm³/mol. The Hall–Kier alpha value is -1.95. The van der Waals surface area contributed by atoms with Crippen LogP contribution < -0.4 is 11.1 Å². The zero-order chi connectivity index (χ0) is 18.4. The minimum atomic E-state index is -0.653. The highest BCUT2D eigenvalue weighted by Gasteiger charge is 2.11. The zero-order valence-corrected chi connectivity index (χ0v) is 15.3. The van der Waals surface area contributed by atoms with Gasteiger partial charge in [0.15, 0.2) is 6.61 Å². The van der Waals surface area contributed by atoms with Gasteiger partial charge in [-0.1, -0.05) is 40.9 Å². The minimum Gasteiger partial charge on any atom is -0.452 e. The molecule has 0 spiro atoms. The molecule has 2 aromatic carbocycles. The van der Waals surface area contributed by atoms with Crippen molar-refractivity contribution in [2.45, 2.75) is 6.42 Å². The largest absolute Gasteiger partial charge is 0.452 e. The van der Waals surface area contributed by atoms with Gasteiger partial charge in [0.25, 0.3) is 5.91 Å². The number of nitrogens with two attached hydrogens (primary N) is 1. The third kappa shape index (κ3) is 5.81. The third-order valence-corrected chi connectivity index (χ3v) is 4.23. The number of ether oxygens (including phenoxy) is 1. The number of rotatable bonds is 6. The molecule has 0 unspecified atom stereocenters. The van der Waals surface area contributed by atoms with Gasteiger partial charge in [0, 0.05) is 16.6 Å². The molecule has 2 rings (SSSR count). The molecule has 0 aliphatic heterocycles. The van der Waals surface area contributed by atoms with Crippen LogP contribution in [-0.2, 0) is 16.0 Å². The summed E-state index contributed by atoms with van der Waals surface area (Å²) in [5.74, 6) is -1.07. The number of benzene rings is 2. The molecule has 5 nitrogen and oxygen atoms in total. The van der Waals surface area contributed by atoms with Gasteiger partial charge < -0.3 is 15.8 Å². The van der Waals surface area contributed by atoms with Crippen molar-refractivity contribution in [3.63, 3.8) is 0 Å². The summed E-state index contributed by atoms with van der Waals surface area (Å²) in [6.07, 6.45) is 0.531. The second-order valence-corrected chi connectivity index (χ2v) is 6.40. The topological polar surface area (TPSA) is 81.4 Å². The van der Waals surface area contributed by atoms with E-state index >= 15 is 0 Å². The fourth-order valence-electron chi connectivity index (χ4n) is 2.00. The van der Waals surface area contributed by atoms with Crippen molar-refractivity contribution in [1.82, 2.24) is 5.32 Å². The standard InChI is InChI=1S/C17H15Cl3N2O3/c18-12-3-1-10(14(20)8-12)5-6-22-16(23)9-25-17(24)11-2-4-13(19)15(21)7-11/h1-4,7-8H,5-6,9,21H2,(H,22,23). The molecule has 0 saturated carbocycles. The van der Waals surface area contributed by atoms with E-state index in [1.807, 2.05) is 0 Å². The van der Waals surface area contributed by atoms with Crippen LogP contribution in [0.4, 0.5) is 5.69 Å². The van der Waals surface area contributed by atoms with E-state index in [9.17, 15) is 9.59 Å². The lowest BCUT2D eigenvalue weighted by Gasteiger charge is -2.08. The van der Waals surface area contributed by atoms with Crippen LogP contribution in [0.5, 0.6) is 0 Å². The van der Waals surface area contributed by atoms with Crippen LogP contribution in [0, 0.1) is 0 Å². The van der Waals surface area contributed by atoms with Gasteiger partial charge in [-0.05, 0) is 42.3 Å². The van der Waals surface area contributed by atoms with Crippen LogP contribution in [0.15, 0.2) is 36.4 Å². The Kier molecular flexibility index (Phi) is 6.93. The first-order valence-electron chi connectivity index (χ1n) is 7.29. The summed E-state index contributed by atoms with van der Waals surface area (Å²) in [5.41, 5.74) is 6.97. The van der Waals surface area contributed by atoms with Gasteiger partial charge >= 0.3 is 5.97 Å². The van der Waals surface area contributed by atoms with Gasteiger partial charge in [-0.3, -0.25) is 4.79 Å². The first-order valence-corrected chi connectivity index (χ1v) is 8.43. The summed E-state index contributed by atoms with van der Waals surface area (Å²) < 4.78 is 4.93. The van der Waals surface area contributed by atoms with Crippen LogP contribution in [0.3, 0.4) is 0 Å². The first kappa shape index (κ1) is 19.4. The van der Waals surface area contributed by atoms with Gasteiger partial charge in [0.05, 0.1) is 16.3 Å². The highest BCUT2D eigenvalue weighted by atomic mass is 35.5. The molecule has 0 atom stereocenters. The number of hydrogen-bond acceptors (Lipinski definition) is 4. The minimum absolute atomic E-state index is 0.225. The highest BCUT2D eigenvalue weighted by Crippen LogP contribution is 2.21. The number of nitrogen functional groups attached to an aromatic ring is 1. The molecule has 132 valence electrons. The second-order valence-electron chi connectivity index (χ2n) is 5.15. The number of carbonyl (C=O) groups is 2. The Labute approximate surface area is 160 Å². The number of nitrogens with one attached hydrogen (secondary N) is 1. The average molecular weight is 402 g/mol. The van der Waals surface area contributed by atoms with Gasteiger partial charge in [-0.25, -0.2) is 4.79 Å². The van der Waals surface area contributed by atoms with Gasteiger partial charge in [-0.15, -0.1) is 0 Å². The maximum absolute atomic E-state index is 11.9. The SMILES string of the molecule is Nc1cc(C(=O)OCC(=O)NCCc2ccc(Cl)cc2Cl)ccc1Cl. The number of halogens is 3. The molecule has 0 fully saturated rings. The number of anilines is 1. The van der Waals surface area contributed by atoms with E-state index in [1.54, 1.807) is 18.2 Å². The van der Waals surface area contributed by atoms with Crippen LogP contribution in [0.1, 0.15) is 15.9 Å². The van der Waals surface area contributed by atoms with E-state index < -0.39 is 18.5 Å². The average Bonchev–Trinajstić information content (AvgIpc) is 2.57. The molecule has 3 N–H and O–H groups in total. The van der Waals surface area contributed by atoms with Crippen molar-refractivity contribution < 1.29 is 14.3 Å². The van der Waals surface area contributed by atoms with Gasteiger partial charge in [-0.2, -0.15) is 0 Å². The van der Waals surface area contributed by atoms with E-state index in [4.69, 9.17) is 45.3 Å². The maximum Gasteiger partial charge on any atom is 0.338 e. The summed E-state index contributed by atoms with van der Waals surface area (Å²) in [6, 6.07) is 9.52. The number of carbonyl (C=O) groups excluding carboxylic acids is 2. The lowest BCUT2D eigenvalue weighted by Crippen LogP contribution is -2.30. The van der Waals surface area contributed by atoms with Crippen molar-refractivity contribution in [2.24, 2.45) is 0 Å². The lowest BCUT2D eigenvalue weighted by molar-refractivity contribution is -0.124. The number of hydrogen-bond donors (Lipinski definition) is 2. The number of amides is 1. The van der Waals surface area contributed by atoms with E-state index in [2.05, 4.69) is 5.32 Å². The molecule has 0 aromatic heterocycles. The van der Waals surface area contributed by atoms with Crippen LogP contribution >= 0.6 is 34.8 Å².